The van der Waals surface area contributed by atoms with Crippen molar-refractivity contribution in [2.45, 2.75) is 36.6 Å². The molecule has 3 unspecified atom stereocenters. The van der Waals surface area contributed by atoms with Crippen LogP contribution in [0.1, 0.15) is 19.3 Å². The summed E-state index contributed by atoms with van der Waals surface area (Å²) < 4.78 is 4.01. The predicted molar refractivity (Wildman–Crippen MR) is 46.7 cm³/mol. The Hall–Kier alpha value is -0.0900. The van der Waals surface area contributed by atoms with E-state index in [1.165, 1.54) is 19.3 Å². The lowest BCUT2D eigenvalue weighted by Crippen LogP contribution is -2.37. The summed E-state index contributed by atoms with van der Waals surface area (Å²) in [6, 6.07) is 1.23. The molecule has 0 bridgehead atoms. The Labute approximate surface area is 71.2 Å². The molecule has 3 atom stereocenters. The minimum absolute atomic E-state index is 0.532. The molecule has 62 valence electrons. The van der Waals surface area contributed by atoms with Gasteiger partial charge in [0, 0.05) is 18.0 Å². The van der Waals surface area contributed by atoms with Gasteiger partial charge in [-0.15, -0.1) is 4.52 Å². The lowest BCUT2D eigenvalue weighted by Gasteiger charge is -2.27. The van der Waals surface area contributed by atoms with Crippen LogP contribution >= 0.6 is 11.9 Å². The van der Waals surface area contributed by atoms with Crippen LogP contribution in [0, 0.1) is 0 Å². The van der Waals surface area contributed by atoms with Crippen molar-refractivity contribution in [3.63, 3.8) is 0 Å². The quantitative estimate of drug-likeness (QED) is 0.608. The number of rotatable bonds is 1. The molecule has 0 aromatic rings. The molecule has 0 spiro atoms. The minimum Gasteiger partial charge on any atom is -0.317 e. The SMILES string of the molecule is CNC1CCC2N=NSC2C1. The molecule has 2 aliphatic rings. The average molecular weight is 171 g/mol. The first kappa shape index (κ1) is 7.55. The Morgan fingerprint density at radius 3 is 3.18 bits per heavy atom. The van der Waals surface area contributed by atoms with Crippen molar-refractivity contribution in [1.29, 1.82) is 0 Å². The maximum Gasteiger partial charge on any atom is 0.0857 e. The second kappa shape index (κ2) is 3.11. The van der Waals surface area contributed by atoms with Crippen LogP contribution in [0.25, 0.3) is 0 Å². The Morgan fingerprint density at radius 2 is 2.36 bits per heavy atom. The number of hydrogen-bond acceptors (Lipinski definition) is 4. The Morgan fingerprint density at radius 1 is 1.45 bits per heavy atom. The summed E-state index contributed by atoms with van der Waals surface area (Å²) in [5, 5.41) is 8.17. The van der Waals surface area contributed by atoms with Crippen molar-refractivity contribution in [2.24, 2.45) is 9.63 Å². The fraction of sp³-hybridized carbons (Fsp3) is 1.00. The lowest BCUT2D eigenvalue weighted by molar-refractivity contribution is 0.371. The molecule has 0 saturated heterocycles. The van der Waals surface area contributed by atoms with Crippen molar-refractivity contribution in [2.75, 3.05) is 7.05 Å². The average Bonchev–Trinajstić information content (AvgIpc) is 2.50. The van der Waals surface area contributed by atoms with E-state index in [0.717, 1.165) is 0 Å². The lowest BCUT2D eigenvalue weighted by atomic mass is 9.91. The van der Waals surface area contributed by atoms with E-state index in [2.05, 4.69) is 15.0 Å². The van der Waals surface area contributed by atoms with Crippen LogP contribution in [0.3, 0.4) is 0 Å². The van der Waals surface area contributed by atoms with E-state index in [1.54, 1.807) is 11.9 Å². The molecular formula is C7H13N3S. The maximum absolute atomic E-state index is 4.19. The number of fused-ring (bicyclic) bond motifs is 1. The van der Waals surface area contributed by atoms with Gasteiger partial charge in [0.25, 0.3) is 0 Å². The second-order valence-corrected chi connectivity index (χ2v) is 4.19. The number of nitrogens with one attached hydrogen (secondary N) is 1. The van der Waals surface area contributed by atoms with Gasteiger partial charge in [-0.2, -0.15) is 5.11 Å². The van der Waals surface area contributed by atoms with Crippen molar-refractivity contribution < 1.29 is 0 Å². The van der Waals surface area contributed by atoms with E-state index in [9.17, 15) is 0 Å². The van der Waals surface area contributed by atoms with E-state index in [4.69, 9.17) is 0 Å². The van der Waals surface area contributed by atoms with Gasteiger partial charge in [0.2, 0.25) is 0 Å². The largest absolute Gasteiger partial charge is 0.317 e. The Bertz CT molecular complexity index is 171. The summed E-state index contributed by atoms with van der Waals surface area (Å²) in [5.41, 5.74) is 0. The van der Waals surface area contributed by atoms with Crippen LogP contribution in [-0.4, -0.2) is 24.4 Å². The highest BCUT2D eigenvalue weighted by molar-refractivity contribution is 7.98. The molecule has 4 heteroatoms. The predicted octanol–water partition coefficient (Wildman–Crippen LogP) is 1.61. The van der Waals surface area contributed by atoms with Crippen molar-refractivity contribution in [1.82, 2.24) is 5.32 Å². The maximum atomic E-state index is 4.19. The van der Waals surface area contributed by atoms with Crippen LogP contribution in [-0.2, 0) is 0 Å². The first-order valence-corrected chi connectivity index (χ1v) is 4.97. The molecule has 1 fully saturated rings. The van der Waals surface area contributed by atoms with Gasteiger partial charge in [0.05, 0.1) is 11.3 Å². The molecule has 1 N–H and O–H groups in total. The molecule has 0 aromatic heterocycles. The van der Waals surface area contributed by atoms with E-state index >= 15 is 0 Å². The standard InChI is InChI=1S/C7H13N3S/c1-8-5-2-3-6-7(4-5)11-10-9-6/h5-8H,2-4H2,1H3. The van der Waals surface area contributed by atoms with Crippen LogP contribution in [0.2, 0.25) is 0 Å². The Balaban J connectivity index is 1.94. The third-order valence-electron chi connectivity index (χ3n) is 2.54. The molecule has 1 aliphatic heterocycles. The summed E-state index contributed by atoms with van der Waals surface area (Å²) in [5.74, 6) is 0. The summed E-state index contributed by atoms with van der Waals surface area (Å²) in [6.45, 7) is 0. The van der Waals surface area contributed by atoms with Gasteiger partial charge in [-0.05, 0) is 26.3 Å². The third kappa shape index (κ3) is 1.42. The molecule has 11 heavy (non-hydrogen) atoms. The second-order valence-electron chi connectivity index (χ2n) is 3.21. The van der Waals surface area contributed by atoms with Crippen LogP contribution in [0.4, 0.5) is 0 Å². The zero-order valence-corrected chi connectivity index (χ0v) is 7.47. The van der Waals surface area contributed by atoms with Crippen molar-refractivity contribution in [3.8, 4) is 0 Å². The van der Waals surface area contributed by atoms with Gasteiger partial charge in [-0.25, -0.2) is 0 Å². The first-order valence-electron chi connectivity index (χ1n) is 4.13. The molecular weight excluding hydrogens is 158 g/mol. The smallest absolute Gasteiger partial charge is 0.0857 e. The van der Waals surface area contributed by atoms with Crippen molar-refractivity contribution in [3.05, 3.63) is 0 Å². The van der Waals surface area contributed by atoms with Gasteiger partial charge in [0.1, 0.15) is 0 Å². The fourth-order valence-corrected chi connectivity index (χ4v) is 2.72. The van der Waals surface area contributed by atoms with Crippen LogP contribution in [0.15, 0.2) is 9.63 Å². The molecule has 0 radical (unpaired) electrons. The molecule has 2 rings (SSSR count). The molecule has 1 heterocycles. The summed E-state index contributed by atoms with van der Waals surface area (Å²) in [4.78, 5) is 0. The zero-order chi connectivity index (χ0) is 7.68. The highest BCUT2D eigenvalue weighted by Crippen LogP contribution is 2.36. The fourth-order valence-electron chi connectivity index (χ4n) is 1.77. The molecule has 1 saturated carbocycles. The van der Waals surface area contributed by atoms with Gasteiger partial charge in [-0.3, -0.25) is 0 Å². The van der Waals surface area contributed by atoms with Crippen LogP contribution in [0.5, 0.6) is 0 Å². The van der Waals surface area contributed by atoms with Gasteiger partial charge >= 0.3 is 0 Å². The van der Waals surface area contributed by atoms with Crippen molar-refractivity contribution >= 4 is 11.9 Å². The van der Waals surface area contributed by atoms with E-state index in [1.807, 2.05) is 7.05 Å². The Kier molecular flexibility index (Phi) is 2.13. The van der Waals surface area contributed by atoms with E-state index < -0.39 is 0 Å². The highest BCUT2D eigenvalue weighted by Gasteiger charge is 2.33. The normalized spacial score (nSPS) is 42.5. The topological polar surface area (TPSA) is 36.8 Å². The number of nitrogens with zero attached hydrogens (tertiary/aromatic N) is 2. The molecule has 0 aromatic carbocycles. The van der Waals surface area contributed by atoms with Gasteiger partial charge in [-0.1, -0.05) is 0 Å². The zero-order valence-electron chi connectivity index (χ0n) is 6.66. The van der Waals surface area contributed by atoms with Gasteiger partial charge in [0.15, 0.2) is 0 Å². The molecule has 0 amide bonds. The summed E-state index contributed by atoms with van der Waals surface area (Å²) in [6.07, 6.45) is 3.71. The van der Waals surface area contributed by atoms with E-state index in [-0.39, 0.29) is 0 Å². The monoisotopic (exact) mass is 171 g/mol. The van der Waals surface area contributed by atoms with E-state index in [0.29, 0.717) is 17.3 Å². The summed E-state index contributed by atoms with van der Waals surface area (Å²) >= 11 is 1.66. The highest BCUT2D eigenvalue weighted by atomic mass is 32.2. The summed E-state index contributed by atoms with van der Waals surface area (Å²) in [7, 11) is 2.04. The minimum atomic E-state index is 0.532. The number of hydrogen-bond donors (Lipinski definition) is 1. The molecule has 1 aliphatic carbocycles. The first-order chi connectivity index (χ1) is 5.40. The molecule has 3 nitrogen and oxygen atoms in total. The van der Waals surface area contributed by atoms with Gasteiger partial charge < -0.3 is 5.32 Å². The third-order valence-corrected chi connectivity index (χ3v) is 3.51. The van der Waals surface area contributed by atoms with Crippen LogP contribution < -0.4 is 5.32 Å².